The molecule has 0 aliphatic heterocycles. The van der Waals surface area contributed by atoms with Crippen LogP contribution in [0.3, 0.4) is 0 Å². The molecule has 12 aromatic rings. The molecule has 1 aliphatic carbocycles. The van der Waals surface area contributed by atoms with Gasteiger partial charge in [-0.25, -0.2) is 15.0 Å². The lowest BCUT2D eigenvalue weighted by molar-refractivity contribution is 0.669. The zero-order chi connectivity index (χ0) is 45.0. The van der Waals surface area contributed by atoms with Gasteiger partial charge in [0.25, 0.3) is 0 Å². The molecule has 4 nitrogen and oxygen atoms in total. The van der Waals surface area contributed by atoms with E-state index in [4.69, 9.17) is 19.4 Å². The van der Waals surface area contributed by atoms with E-state index in [1.807, 2.05) is 24.3 Å². The summed E-state index contributed by atoms with van der Waals surface area (Å²) in [6.45, 7) is 0. The highest BCUT2D eigenvalue weighted by Gasteiger charge is 2.46. The highest BCUT2D eigenvalue weighted by molar-refractivity contribution is 6.13. The number of furan rings is 1. The third-order valence-corrected chi connectivity index (χ3v) is 13.7. The fourth-order valence-electron chi connectivity index (χ4n) is 10.6. The summed E-state index contributed by atoms with van der Waals surface area (Å²) < 4.78 is 6.67. The average Bonchev–Trinajstić information content (AvgIpc) is 3.96. The molecule has 10 aromatic carbocycles. The minimum Gasteiger partial charge on any atom is -0.456 e. The van der Waals surface area contributed by atoms with Crippen LogP contribution in [-0.2, 0) is 5.41 Å². The molecular formula is C64H41N3O. The number of rotatable bonds is 8. The molecule has 0 saturated heterocycles. The van der Waals surface area contributed by atoms with E-state index >= 15 is 0 Å². The number of fused-ring (bicyclic) bond motifs is 6. The smallest absolute Gasteiger partial charge is 0.164 e. The molecular weight excluding hydrogens is 827 g/mol. The lowest BCUT2D eigenvalue weighted by Gasteiger charge is -2.34. The third kappa shape index (κ3) is 6.41. The molecule has 0 unspecified atom stereocenters. The van der Waals surface area contributed by atoms with Gasteiger partial charge >= 0.3 is 0 Å². The van der Waals surface area contributed by atoms with Crippen molar-refractivity contribution < 1.29 is 4.42 Å². The number of aromatic nitrogens is 3. The Morgan fingerprint density at radius 3 is 1.34 bits per heavy atom. The molecule has 318 valence electrons. The summed E-state index contributed by atoms with van der Waals surface area (Å²) in [6, 6.07) is 88.2. The minimum atomic E-state index is -0.498. The zero-order valence-electron chi connectivity index (χ0n) is 36.9. The average molecular weight is 868 g/mol. The Morgan fingerprint density at radius 2 is 0.735 bits per heavy atom. The maximum atomic E-state index is 6.67. The summed E-state index contributed by atoms with van der Waals surface area (Å²) in [5, 5.41) is 1.96. The van der Waals surface area contributed by atoms with E-state index < -0.39 is 5.41 Å². The second-order valence-electron chi connectivity index (χ2n) is 17.4. The Bertz CT molecular complexity index is 3670. The summed E-state index contributed by atoms with van der Waals surface area (Å²) >= 11 is 0. The monoisotopic (exact) mass is 867 g/mol. The first-order chi connectivity index (χ1) is 33.7. The van der Waals surface area contributed by atoms with Crippen molar-refractivity contribution in [2.24, 2.45) is 0 Å². The van der Waals surface area contributed by atoms with Crippen molar-refractivity contribution in [3.8, 4) is 78.7 Å². The van der Waals surface area contributed by atoms with Crippen molar-refractivity contribution in [1.29, 1.82) is 0 Å². The van der Waals surface area contributed by atoms with E-state index in [1.165, 1.54) is 38.9 Å². The van der Waals surface area contributed by atoms with Crippen molar-refractivity contribution in [1.82, 2.24) is 15.0 Å². The second kappa shape index (κ2) is 16.2. The molecule has 0 fully saturated rings. The highest BCUT2D eigenvalue weighted by Crippen LogP contribution is 2.58. The molecule has 4 heteroatoms. The molecule has 0 atom stereocenters. The van der Waals surface area contributed by atoms with Crippen LogP contribution in [0, 0.1) is 0 Å². The number of nitrogens with zero attached hydrogens (tertiary/aromatic N) is 3. The molecule has 0 amide bonds. The van der Waals surface area contributed by atoms with Gasteiger partial charge in [0, 0.05) is 27.5 Å². The van der Waals surface area contributed by atoms with Crippen molar-refractivity contribution in [3.05, 3.63) is 271 Å². The maximum Gasteiger partial charge on any atom is 0.164 e. The van der Waals surface area contributed by atoms with Crippen molar-refractivity contribution in [2.75, 3.05) is 0 Å². The van der Waals surface area contributed by atoms with Crippen LogP contribution < -0.4 is 0 Å². The van der Waals surface area contributed by atoms with Gasteiger partial charge in [-0.3, -0.25) is 0 Å². The molecule has 0 saturated carbocycles. The largest absolute Gasteiger partial charge is 0.456 e. The normalized spacial score (nSPS) is 12.5. The van der Waals surface area contributed by atoms with Crippen LogP contribution in [0.5, 0.6) is 0 Å². The lowest BCUT2D eigenvalue weighted by Crippen LogP contribution is -2.28. The van der Waals surface area contributed by atoms with Gasteiger partial charge in [-0.15, -0.1) is 0 Å². The molecule has 68 heavy (non-hydrogen) atoms. The van der Waals surface area contributed by atoms with Gasteiger partial charge in [0.1, 0.15) is 11.2 Å². The first kappa shape index (κ1) is 39.4. The van der Waals surface area contributed by atoms with Crippen LogP contribution in [0.1, 0.15) is 22.3 Å². The molecule has 0 radical (unpaired) electrons. The Morgan fingerprint density at radius 1 is 0.294 bits per heavy atom. The van der Waals surface area contributed by atoms with E-state index in [-0.39, 0.29) is 0 Å². The first-order valence-corrected chi connectivity index (χ1v) is 23.1. The molecule has 0 N–H and O–H groups in total. The van der Waals surface area contributed by atoms with Gasteiger partial charge in [-0.2, -0.15) is 0 Å². The molecule has 2 heterocycles. The molecule has 13 rings (SSSR count). The topological polar surface area (TPSA) is 51.8 Å². The lowest BCUT2D eigenvalue weighted by atomic mass is 9.67. The first-order valence-electron chi connectivity index (χ1n) is 23.1. The Balaban J connectivity index is 0.988. The van der Waals surface area contributed by atoms with Crippen molar-refractivity contribution in [3.63, 3.8) is 0 Å². The summed E-state index contributed by atoms with van der Waals surface area (Å²) in [6.07, 6.45) is 0. The fraction of sp³-hybridized carbons (Fsp3) is 0.0156. The predicted octanol–water partition coefficient (Wildman–Crippen LogP) is 16.1. The fourth-order valence-corrected chi connectivity index (χ4v) is 10.6. The highest BCUT2D eigenvalue weighted by atomic mass is 16.3. The van der Waals surface area contributed by atoms with Crippen molar-refractivity contribution in [2.45, 2.75) is 5.41 Å². The minimum absolute atomic E-state index is 0.498. The third-order valence-electron chi connectivity index (χ3n) is 13.7. The molecule has 1 aliphatic rings. The van der Waals surface area contributed by atoms with Crippen LogP contribution in [0.25, 0.3) is 101 Å². The van der Waals surface area contributed by atoms with E-state index in [2.05, 4.69) is 224 Å². The maximum absolute atomic E-state index is 6.67. The van der Waals surface area contributed by atoms with Crippen LogP contribution >= 0.6 is 0 Å². The van der Waals surface area contributed by atoms with E-state index in [0.29, 0.717) is 17.5 Å². The summed E-state index contributed by atoms with van der Waals surface area (Å²) in [5.74, 6) is 1.77. The van der Waals surface area contributed by atoms with E-state index in [1.54, 1.807) is 0 Å². The standard InChI is InChI=1S/C64H41N3O/c1-5-17-42(18-6-1)44-31-35-46(36-32-44)61-65-62(47-37-33-45(34-38-47)43-19-7-2-8-20-43)67-63(66-61)53-27-16-30-58-60(53)54-41-48(39-40-57(54)68-58)51-26-15-29-56-59(51)52-25-13-14-28-55(52)64(56,49-21-9-3-10-22-49)50-23-11-4-12-24-50/h1-41H. The van der Waals surface area contributed by atoms with Gasteiger partial charge in [0.15, 0.2) is 17.5 Å². The van der Waals surface area contributed by atoms with Gasteiger partial charge in [-0.05, 0) is 85.0 Å². The summed E-state index contributed by atoms with van der Waals surface area (Å²) in [7, 11) is 0. The Kier molecular flexibility index (Phi) is 9.36. The summed E-state index contributed by atoms with van der Waals surface area (Å²) in [5.41, 5.74) is 18.1. The van der Waals surface area contributed by atoms with Gasteiger partial charge in [0.2, 0.25) is 0 Å². The zero-order valence-corrected chi connectivity index (χ0v) is 36.9. The molecule has 0 bridgehead atoms. The Hall–Kier alpha value is -8.99. The van der Waals surface area contributed by atoms with E-state index in [9.17, 15) is 0 Å². The van der Waals surface area contributed by atoms with Crippen molar-refractivity contribution >= 4 is 21.9 Å². The van der Waals surface area contributed by atoms with Crippen LogP contribution in [0.15, 0.2) is 253 Å². The summed E-state index contributed by atoms with van der Waals surface area (Å²) in [4.78, 5) is 15.7. The predicted molar refractivity (Wildman–Crippen MR) is 277 cm³/mol. The van der Waals surface area contributed by atoms with Gasteiger partial charge in [-0.1, -0.05) is 231 Å². The number of benzene rings is 10. The molecule has 2 aromatic heterocycles. The van der Waals surface area contributed by atoms with Crippen LogP contribution in [-0.4, -0.2) is 15.0 Å². The molecule has 0 spiro atoms. The van der Waals surface area contributed by atoms with Crippen LogP contribution in [0.2, 0.25) is 0 Å². The van der Waals surface area contributed by atoms with Gasteiger partial charge < -0.3 is 4.42 Å². The number of hydrogen-bond acceptors (Lipinski definition) is 4. The number of hydrogen-bond donors (Lipinski definition) is 0. The quantitative estimate of drug-likeness (QED) is 0.153. The SMILES string of the molecule is c1ccc(-c2ccc(-c3nc(-c4ccc(-c5ccccc5)cc4)nc(-c4cccc5oc6ccc(-c7cccc8c7-c7ccccc7C8(c7ccccc7)c7ccccc7)cc6c45)n3)cc2)cc1. The van der Waals surface area contributed by atoms with Gasteiger partial charge in [0.05, 0.1) is 5.41 Å². The Labute approximate surface area is 394 Å². The van der Waals surface area contributed by atoms with E-state index in [0.717, 1.165) is 66.4 Å². The van der Waals surface area contributed by atoms with Crippen LogP contribution in [0.4, 0.5) is 0 Å². The second-order valence-corrected chi connectivity index (χ2v) is 17.4.